The Morgan fingerprint density at radius 1 is 1.44 bits per heavy atom. The van der Waals surface area contributed by atoms with Crippen LogP contribution in [0.1, 0.15) is 18.4 Å². The molecule has 16 heavy (non-hydrogen) atoms. The minimum absolute atomic E-state index is 0.0484. The molecule has 0 aromatic heterocycles. The number of aromatic hydroxyl groups is 1. The van der Waals surface area contributed by atoms with Crippen molar-refractivity contribution in [1.82, 2.24) is 0 Å². The molecule has 0 bridgehead atoms. The molecule has 0 radical (unpaired) electrons. The van der Waals surface area contributed by atoms with E-state index in [9.17, 15) is 10.2 Å². The summed E-state index contributed by atoms with van der Waals surface area (Å²) in [5.74, 6) is 0.517. The molecule has 1 aliphatic carbocycles. The van der Waals surface area contributed by atoms with Gasteiger partial charge in [-0.15, -0.1) is 0 Å². The Balaban J connectivity index is 2.29. The molecule has 1 aromatic carbocycles. The predicted molar refractivity (Wildman–Crippen MR) is 62.1 cm³/mol. The van der Waals surface area contributed by atoms with Gasteiger partial charge in [-0.2, -0.15) is 0 Å². The zero-order valence-electron chi connectivity index (χ0n) is 9.16. The molecule has 1 saturated carbocycles. The van der Waals surface area contributed by atoms with Crippen LogP contribution in [0, 0.1) is 5.41 Å². The number of phenols is 1. The van der Waals surface area contributed by atoms with Crippen molar-refractivity contribution in [2.24, 2.45) is 5.41 Å². The van der Waals surface area contributed by atoms with E-state index in [-0.39, 0.29) is 17.8 Å². The molecule has 1 aromatic rings. The SMILES string of the molecule is COc1cc(Cl)cc(CC2(CO)CC2)c1O. The number of aliphatic hydroxyl groups is 1. The van der Waals surface area contributed by atoms with Gasteiger partial charge in [0.15, 0.2) is 11.5 Å². The Kier molecular flexibility index (Phi) is 3.00. The third-order valence-corrected chi connectivity index (χ3v) is 3.41. The number of methoxy groups -OCH3 is 1. The first-order valence-corrected chi connectivity index (χ1v) is 5.64. The standard InChI is InChI=1S/C12H15ClO3/c1-16-10-5-9(13)4-8(11(10)15)6-12(7-14)2-3-12/h4-5,14-15H,2-3,6-7H2,1H3. The van der Waals surface area contributed by atoms with Gasteiger partial charge in [-0.1, -0.05) is 11.6 Å². The summed E-state index contributed by atoms with van der Waals surface area (Å²) in [6.45, 7) is 0.154. The Morgan fingerprint density at radius 2 is 2.12 bits per heavy atom. The third kappa shape index (κ3) is 2.11. The van der Waals surface area contributed by atoms with E-state index >= 15 is 0 Å². The van der Waals surface area contributed by atoms with Crippen molar-refractivity contribution in [3.8, 4) is 11.5 Å². The highest BCUT2D eigenvalue weighted by molar-refractivity contribution is 6.30. The van der Waals surface area contributed by atoms with Crippen molar-refractivity contribution in [3.63, 3.8) is 0 Å². The second-order valence-corrected chi connectivity index (χ2v) is 4.89. The van der Waals surface area contributed by atoms with E-state index in [1.807, 2.05) is 0 Å². The van der Waals surface area contributed by atoms with Crippen LogP contribution in [0.15, 0.2) is 12.1 Å². The largest absolute Gasteiger partial charge is 0.504 e. The normalized spacial score (nSPS) is 17.2. The van der Waals surface area contributed by atoms with Crippen LogP contribution in [0.25, 0.3) is 0 Å². The third-order valence-electron chi connectivity index (χ3n) is 3.20. The summed E-state index contributed by atoms with van der Waals surface area (Å²) in [7, 11) is 1.49. The molecule has 0 unspecified atom stereocenters. The highest BCUT2D eigenvalue weighted by Crippen LogP contribution is 2.50. The smallest absolute Gasteiger partial charge is 0.162 e. The van der Waals surface area contributed by atoms with Gasteiger partial charge >= 0.3 is 0 Å². The van der Waals surface area contributed by atoms with E-state index in [1.165, 1.54) is 7.11 Å². The van der Waals surface area contributed by atoms with E-state index in [0.717, 1.165) is 18.4 Å². The molecular weight excluding hydrogens is 228 g/mol. The molecule has 2 rings (SSSR count). The first kappa shape index (κ1) is 11.6. The van der Waals surface area contributed by atoms with Gasteiger partial charge in [-0.3, -0.25) is 0 Å². The first-order chi connectivity index (χ1) is 7.60. The van der Waals surface area contributed by atoms with Crippen molar-refractivity contribution in [3.05, 3.63) is 22.7 Å². The van der Waals surface area contributed by atoms with Crippen LogP contribution in [0.2, 0.25) is 5.02 Å². The molecule has 1 aliphatic rings. The van der Waals surface area contributed by atoms with Crippen LogP contribution in [0.5, 0.6) is 11.5 Å². The molecule has 2 N–H and O–H groups in total. The lowest BCUT2D eigenvalue weighted by Gasteiger charge is -2.14. The van der Waals surface area contributed by atoms with Crippen LogP contribution in [-0.2, 0) is 6.42 Å². The Morgan fingerprint density at radius 3 is 2.62 bits per heavy atom. The maximum absolute atomic E-state index is 9.93. The summed E-state index contributed by atoms with van der Waals surface area (Å²) in [4.78, 5) is 0. The number of halogens is 1. The number of aliphatic hydroxyl groups excluding tert-OH is 1. The molecule has 0 spiro atoms. The molecule has 3 nitrogen and oxygen atoms in total. The van der Waals surface area contributed by atoms with E-state index in [1.54, 1.807) is 12.1 Å². The van der Waals surface area contributed by atoms with Gasteiger partial charge in [0.1, 0.15) is 0 Å². The summed E-state index contributed by atoms with van der Waals surface area (Å²) < 4.78 is 5.04. The molecule has 0 amide bonds. The van der Waals surface area contributed by atoms with Crippen molar-refractivity contribution < 1.29 is 14.9 Å². The van der Waals surface area contributed by atoms with E-state index in [4.69, 9.17) is 16.3 Å². The molecule has 1 fully saturated rings. The minimum Gasteiger partial charge on any atom is -0.504 e. The lowest BCUT2D eigenvalue weighted by molar-refractivity contribution is 0.210. The quantitative estimate of drug-likeness (QED) is 0.852. The zero-order chi connectivity index (χ0) is 11.8. The molecule has 0 atom stereocenters. The van der Waals surface area contributed by atoms with Crippen LogP contribution >= 0.6 is 11.6 Å². The lowest BCUT2D eigenvalue weighted by Crippen LogP contribution is -2.10. The van der Waals surface area contributed by atoms with Crippen LogP contribution in [0.3, 0.4) is 0 Å². The van der Waals surface area contributed by atoms with Gasteiger partial charge in [-0.05, 0) is 36.3 Å². The van der Waals surface area contributed by atoms with Crippen molar-refractivity contribution in [1.29, 1.82) is 0 Å². The van der Waals surface area contributed by atoms with E-state index < -0.39 is 0 Å². The van der Waals surface area contributed by atoms with Gasteiger partial charge in [0.25, 0.3) is 0 Å². The highest BCUT2D eigenvalue weighted by Gasteiger charge is 2.42. The number of benzene rings is 1. The van der Waals surface area contributed by atoms with E-state index in [0.29, 0.717) is 17.2 Å². The minimum atomic E-state index is -0.0484. The van der Waals surface area contributed by atoms with Gasteiger partial charge in [0.2, 0.25) is 0 Å². The van der Waals surface area contributed by atoms with Crippen molar-refractivity contribution in [2.45, 2.75) is 19.3 Å². The van der Waals surface area contributed by atoms with Gasteiger partial charge < -0.3 is 14.9 Å². The van der Waals surface area contributed by atoms with Gasteiger partial charge in [-0.25, -0.2) is 0 Å². The Labute approximate surface area is 99.6 Å². The maximum Gasteiger partial charge on any atom is 0.162 e. The maximum atomic E-state index is 9.93. The second kappa shape index (κ2) is 4.15. The first-order valence-electron chi connectivity index (χ1n) is 5.26. The van der Waals surface area contributed by atoms with Crippen LogP contribution in [-0.4, -0.2) is 23.9 Å². The Bertz CT molecular complexity index is 399. The number of rotatable bonds is 4. The molecule has 0 aliphatic heterocycles. The molecule has 0 heterocycles. The number of hydrogen-bond acceptors (Lipinski definition) is 3. The zero-order valence-corrected chi connectivity index (χ0v) is 9.92. The monoisotopic (exact) mass is 242 g/mol. The number of hydrogen-bond donors (Lipinski definition) is 2. The molecule has 88 valence electrons. The van der Waals surface area contributed by atoms with Gasteiger partial charge in [0, 0.05) is 17.7 Å². The average molecular weight is 243 g/mol. The fourth-order valence-electron chi connectivity index (χ4n) is 1.89. The predicted octanol–water partition coefficient (Wildman–Crippen LogP) is 2.37. The summed E-state index contributed by atoms with van der Waals surface area (Å²) in [6.07, 6.45) is 2.64. The lowest BCUT2D eigenvalue weighted by atomic mass is 9.96. The highest BCUT2D eigenvalue weighted by atomic mass is 35.5. The van der Waals surface area contributed by atoms with Crippen molar-refractivity contribution in [2.75, 3.05) is 13.7 Å². The number of ether oxygens (including phenoxy) is 1. The molecule has 0 saturated heterocycles. The topological polar surface area (TPSA) is 49.7 Å². The summed E-state index contributed by atoms with van der Waals surface area (Å²) in [5, 5.41) is 19.7. The summed E-state index contributed by atoms with van der Waals surface area (Å²) >= 11 is 5.94. The van der Waals surface area contributed by atoms with E-state index in [2.05, 4.69) is 0 Å². The fraction of sp³-hybridized carbons (Fsp3) is 0.500. The summed E-state index contributed by atoms with van der Waals surface area (Å²) in [6, 6.07) is 3.31. The summed E-state index contributed by atoms with van der Waals surface area (Å²) in [5.41, 5.74) is 0.698. The van der Waals surface area contributed by atoms with Crippen LogP contribution in [0.4, 0.5) is 0 Å². The van der Waals surface area contributed by atoms with Gasteiger partial charge in [0.05, 0.1) is 7.11 Å². The fourth-order valence-corrected chi connectivity index (χ4v) is 2.12. The molecule has 4 heteroatoms. The Hall–Kier alpha value is -0.930. The van der Waals surface area contributed by atoms with Crippen LogP contribution < -0.4 is 4.74 Å². The average Bonchev–Trinajstić information content (AvgIpc) is 3.03. The second-order valence-electron chi connectivity index (χ2n) is 4.45. The molecular formula is C12H15ClO3. The number of phenolic OH excluding ortho intramolecular Hbond substituents is 1. The van der Waals surface area contributed by atoms with Crippen molar-refractivity contribution >= 4 is 11.6 Å².